The number of allylic oxidation sites excluding steroid dienone is 1. The third kappa shape index (κ3) is 2.98. The zero-order valence-corrected chi connectivity index (χ0v) is 13.3. The second-order valence-corrected chi connectivity index (χ2v) is 7.14. The van der Waals surface area contributed by atoms with Crippen molar-refractivity contribution in [3.63, 3.8) is 0 Å². The number of hydrogen-bond donors (Lipinski definition) is 0. The Labute approximate surface area is 139 Å². The van der Waals surface area contributed by atoms with E-state index in [1.807, 2.05) is 6.07 Å². The lowest BCUT2D eigenvalue weighted by Crippen LogP contribution is -2.02. The van der Waals surface area contributed by atoms with Crippen LogP contribution in [-0.4, -0.2) is 14.7 Å². The highest BCUT2D eigenvalue weighted by molar-refractivity contribution is 7.91. The Balaban J connectivity index is 2.15. The maximum absolute atomic E-state index is 13.3. The largest absolute Gasteiger partial charge is 0.299 e. The van der Waals surface area contributed by atoms with Gasteiger partial charge >= 0.3 is 0 Å². The molecule has 3 aromatic rings. The summed E-state index contributed by atoms with van der Waals surface area (Å²) >= 11 is 0. The minimum Gasteiger partial charge on any atom is -0.299 e. The number of hydrogen-bond acceptors (Lipinski definition) is 3. The Bertz CT molecular complexity index is 1050. The summed E-state index contributed by atoms with van der Waals surface area (Å²) in [5.41, 5.74) is 0.814. The maximum atomic E-state index is 13.3. The molecule has 0 saturated carbocycles. The van der Waals surface area contributed by atoms with Crippen LogP contribution in [-0.2, 0) is 14.6 Å². The Kier molecular flexibility index (Phi) is 4.27. The van der Waals surface area contributed by atoms with Gasteiger partial charge in [0.25, 0.3) is 0 Å². The number of benzene rings is 3. The summed E-state index contributed by atoms with van der Waals surface area (Å²) in [6, 6.07) is 15.1. The zero-order valence-electron chi connectivity index (χ0n) is 12.5. The van der Waals surface area contributed by atoms with Gasteiger partial charge in [0.1, 0.15) is 12.1 Å². The molecule has 0 fully saturated rings. The SMILES string of the molecule is O=C/C=C/c1cccc2cc(S(=O)(=O)c3cccc(F)c3)ccc12. The fourth-order valence-electron chi connectivity index (χ4n) is 2.51. The molecule has 3 nitrogen and oxygen atoms in total. The number of rotatable bonds is 4. The summed E-state index contributed by atoms with van der Waals surface area (Å²) in [5, 5.41) is 1.55. The van der Waals surface area contributed by atoms with Crippen LogP contribution >= 0.6 is 0 Å². The molecule has 0 saturated heterocycles. The number of carbonyl (C=O) groups is 1. The Morgan fingerprint density at radius 2 is 1.62 bits per heavy atom. The van der Waals surface area contributed by atoms with Crippen molar-refractivity contribution in [1.82, 2.24) is 0 Å². The van der Waals surface area contributed by atoms with Gasteiger partial charge in [-0.2, -0.15) is 0 Å². The summed E-state index contributed by atoms with van der Waals surface area (Å²) in [7, 11) is -3.80. The van der Waals surface area contributed by atoms with E-state index in [1.54, 1.807) is 30.3 Å². The lowest BCUT2D eigenvalue weighted by atomic mass is 10.0. The average molecular weight is 340 g/mol. The highest BCUT2D eigenvalue weighted by Crippen LogP contribution is 2.27. The molecule has 0 aliphatic rings. The molecule has 0 N–H and O–H groups in total. The fraction of sp³-hybridized carbons (Fsp3) is 0. The molecule has 0 amide bonds. The van der Waals surface area contributed by atoms with Crippen LogP contribution in [0.4, 0.5) is 4.39 Å². The summed E-state index contributed by atoms with van der Waals surface area (Å²) in [5.74, 6) is -0.599. The number of sulfone groups is 1. The summed E-state index contributed by atoms with van der Waals surface area (Å²) < 4.78 is 38.7. The van der Waals surface area contributed by atoms with Gasteiger partial charge in [-0.15, -0.1) is 0 Å². The van der Waals surface area contributed by atoms with Crippen molar-refractivity contribution in [2.24, 2.45) is 0 Å². The standard InChI is InChI=1S/C19H13FO3S/c20-16-7-2-8-17(13-16)24(22,23)18-9-10-19-14(6-3-11-21)4-1-5-15(19)12-18/h1-13H/b6-3+. The van der Waals surface area contributed by atoms with Gasteiger partial charge in [-0.25, -0.2) is 12.8 Å². The van der Waals surface area contributed by atoms with Crippen LogP contribution in [0, 0.1) is 5.82 Å². The maximum Gasteiger partial charge on any atom is 0.206 e. The van der Waals surface area contributed by atoms with Gasteiger partial charge in [-0.1, -0.05) is 36.4 Å². The normalized spacial score (nSPS) is 11.9. The molecule has 0 aliphatic heterocycles. The van der Waals surface area contributed by atoms with Crippen LogP contribution in [0.1, 0.15) is 5.56 Å². The van der Waals surface area contributed by atoms with Crippen LogP contribution in [0.25, 0.3) is 16.8 Å². The second-order valence-electron chi connectivity index (χ2n) is 5.19. The molecule has 5 heteroatoms. The average Bonchev–Trinajstić information content (AvgIpc) is 2.59. The third-order valence-corrected chi connectivity index (χ3v) is 5.41. The lowest BCUT2D eigenvalue weighted by molar-refractivity contribution is -0.104. The van der Waals surface area contributed by atoms with Gasteiger partial charge in [0.05, 0.1) is 9.79 Å². The number of halogens is 1. The van der Waals surface area contributed by atoms with Crippen LogP contribution in [0.15, 0.2) is 76.5 Å². The molecule has 24 heavy (non-hydrogen) atoms. The van der Waals surface area contributed by atoms with E-state index in [1.165, 1.54) is 30.3 Å². The topological polar surface area (TPSA) is 51.2 Å². The summed E-state index contributed by atoms with van der Waals surface area (Å²) in [6.45, 7) is 0. The van der Waals surface area contributed by atoms with Crippen LogP contribution < -0.4 is 0 Å². The molecule has 3 aromatic carbocycles. The van der Waals surface area contributed by atoms with E-state index < -0.39 is 15.7 Å². The molecule has 120 valence electrons. The van der Waals surface area contributed by atoms with Crippen molar-refractivity contribution >= 4 is 33.0 Å². The molecule has 0 heterocycles. The van der Waals surface area contributed by atoms with Gasteiger partial charge in [-0.05, 0) is 52.7 Å². The van der Waals surface area contributed by atoms with E-state index in [-0.39, 0.29) is 9.79 Å². The second kappa shape index (κ2) is 6.37. The monoisotopic (exact) mass is 340 g/mol. The molecule has 0 atom stereocenters. The molecule has 0 unspecified atom stereocenters. The van der Waals surface area contributed by atoms with E-state index in [9.17, 15) is 17.6 Å². The minimum absolute atomic E-state index is 0.0844. The molecule has 0 aromatic heterocycles. The highest BCUT2D eigenvalue weighted by Gasteiger charge is 2.18. The van der Waals surface area contributed by atoms with Crippen molar-refractivity contribution in [3.05, 3.63) is 78.1 Å². The van der Waals surface area contributed by atoms with E-state index >= 15 is 0 Å². The van der Waals surface area contributed by atoms with Gasteiger partial charge in [0.15, 0.2) is 0 Å². The molecular weight excluding hydrogens is 327 g/mol. The quantitative estimate of drug-likeness (QED) is 0.532. The van der Waals surface area contributed by atoms with Crippen molar-refractivity contribution < 1.29 is 17.6 Å². The molecule has 0 spiro atoms. The zero-order chi connectivity index (χ0) is 17.2. The van der Waals surface area contributed by atoms with Crippen LogP contribution in [0.3, 0.4) is 0 Å². The minimum atomic E-state index is -3.80. The number of carbonyl (C=O) groups excluding carboxylic acids is 1. The first kappa shape index (κ1) is 16.1. The van der Waals surface area contributed by atoms with E-state index in [0.29, 0.717) is 6.29 Å². The first-order chi connectivity index (χ1) is 11.5. The fourth-order valence-corrected chi connectivity index (χ4v) is 3.84. The van der Waals surface area contributed by atoms with Gasteiger partial charge in [0, 0.05) is 0 Å². The van der Waals surface area contributed by atoms with E-state index in [2.05, 4.69) is 0 Å². The molecular formula is C19H13FO3S. The molecule has 0 bridgehead atoms. The third-order valence-electron chi connectivity index (χ3n) is 3.66. The summed E-state index contributed by atoms with van der Waals surface area (Å²) in [4.78, 5) is 10.5. The predicted octanol–water partition coefficient (Wildman–Crippen LogP) is 4.02. The number of fused-ring (bicyclic) bond motifs is 1. The lowest BCUT2D eigenvalue weighted by Gasteiger charge is -2.08. The van der Waals surface area contributed by atoms with E-state index in [0.717, 1.165) is 22.4 Å². The van der Waals surface area contributed by atoms with Crippen molar-refractivity contribution in [1.29, 1.82) is 0 Å². The van der Waals surface area contributed by atoms with Crippen LogP contribution in [0.2, 0.25) is 0 Å². The smallest absolute Gasteiger partial charge is 0.206 e. The number of aldehydes is 1. The van der Waals surface area contributed by atoms with E-state index in [4.69, 9.17) is 0 Å². The highest BCUT2D eigenvalue weighted by atomic mass is 32.2. The predicted molar refractivity (Wildman–Crippen MR) is 90.9 cm³/mol. The first-order valence-electron chi connectivity index (χ1n) is 7.18. The molecule has 0 radical (unpaired) electrons. The molecule has 3 rings (SSSR count). The van der Waals surface area contributed by atoms with Gasteiger partial charge in [0.2, 0.25) is 9.84 Å². The Morgan fingerprint density at radius 3 is 2.38 bits per heavy atom. The Hall–Kier alpha value is -2.79. The molecule has 0 aliphatic carbocycles. The van der Waals surface area contributed by atoms with Crippen molar-refractivity contribution in [2.75, 3.05) is 0 Å². The van der Waals surface area contributed by atoms with Gasteiger partial charge < -0.3 is 0 Å². The summed E-state index contributed by atoms with van der Waals surface area (Å²) in [6.07, 6.45) is 3.73. The van der Waals surface area contributed by atoms with Gasteiger partial charge in [-0.3, -0.25) is 4.79 Å². The Morgan fingerprint density at radius 1 is 0.875 bits per heavy atom. The van der Waals surface area contributed by atoms with Crippen molar-refractivity contribution in [3.8, 4) is 0 Å². The first-order valence-corrected chi connectivity index (χ1v) is 8.66. The van der Waals surface area contributed by atoms with Crippen molar-refractivity contribution in [2.45, 2.75) is 9.79 Å². The van der Waals surface area contributed by atoms with Crippen LogP contribution in [0.5, 0.6) is 0 Å².